The van der Waals surface area contributed by atoms with Crippen LogP contribution in [0.15, 0.2) is 42.5 Å². The highest BCUT2D eigenvalue weighted by atomic mass is 16.2. The number of rotatable bonds is 3. The third-order valence-electron chi connectivity index (χ3n) is 5.46. The number of nitrogens with zero attached hydrogens (tertiary/aromatic N) is 2. The summed E-state index contributed by atoms with van der Waals surface area (Å²) in [5.41, 5.74) is 0.906. The molecule has 1 N–H and O–H groups in total. The van der Waals surface area contributed by atoms with Crippen LogP contribution in [0.5, 0.6) is 0 Å². The zero-order valence-corrected chi connectivity index (χ0v) is 14.4. The number of carbonyl (C=O) groups excluding carboxylic acids is 2. The largest absolute Gasteiger partial charge is 0.341 e. The molecule has 25 heavy (non-hydrogen) atoms. The smallest absolute Gasteiger partial charge is 0.228 e. The minimum Gasteiger partial charge on any atom is -0.341 e. The second-order valence-electron chi connectivity index (χ2n) is 7.00. The van der Waals surface area contributed by atoms with Crippen LogP contribution in [0.3, 0.4) is 0 Å². The Labute approximate surface area is 147 Å². The molecule has 2 aliphatic heterocycles. The second-order valence-corrected chi connectivity index (χ2v) is 7.00. The van der Waals surface area contributed by atoms with E-state index in [1.54, 1.807) is 4.90 Å². The molecule has 2 amide bonds. The van der Waals surface area contributed by atoms with Crippen molar-refractivity contribution in [2.75, 3.05) is 31.6 Å². The van der Waals surface area contributed by atoms with Gasteiger partial charge in [-0.2, -0.15) is 0 Å². The lowest BCUT2D eigenvalue weighted by atomic mass is 10.1. The van der Waals surface area contributed by atoms with Gasteiger partial charge >= 0.3 is 0 Å². The van der Waals surface area contributed by atoms with Crippen molar-refractivity contribution in [3.05, 3.63) is 42.5 Å². The predicted molar refractivity (Wildman–Crippen MR) is 98.5 cm³/mol. The van der Waals surface area contributed by atoms with Crippen molar-refractivity contribution in [1.29, 1.82) is 0 Å². The Morgan fingerprint density at radius 2 is 2.00 bits per heavy atom. The third kappa shape index (κ3) is 2.89. The summed E-state index contributed by atoms with van der Waals surface area (Å²) in [5, 5.41) is 5.45. The summed E-state index contributed by atoms with van der Waals surface area (Å²) >= 11 is 0. The average molecular weight is 337 g/mol. The van der Waals surface area contributed by atoms with Crippen molar-refractivity contribution in [1.82, 2.24) is 10.2 Å². The zero-order valence-electron chi connectivity index (χ0n) is 14.4. The van der Waals surface area contributed by atoms with Gasteiger partial charge in [-0.1, -0.05) is 36.4 Å². The van der Waals surface area contributed by atoms with E-state index in [0.717, 1.165) is 36.0 Å². The van der Waals surface area contributed by atoms with Gasteiger partial charge in [-0.15, -0.1) is 0 Å². The molecule has 2 aromatic rings. The summed E-state index contributed by atoms with van der Waals surface area (Å²) in [4.78, 5) is 29.1. The maximum absolute atomic E-state index is 12.8. The van der Waals surface area contributed by atoms with Crippen LogP contribution in [-0.2, 0) is 9.59 Å². The molecule has 2 heterocycles. The van der Waals surface area contributed by atoms with Crippen molar-refractivity contribution >= 4 is 28.3 Å². The number of amides is 2. The van der Waals surface area contributed by atoms with E-state index in [0.29, 0.717) is 13.0 Å². The fourth-order valence-corrected chi connectivity index (χ4v) is 3.99. The minimum absolute atomic E-state index is 0.0349. The molecule has 0 saturated carbocycles. The Bertz CT molecular complexity index is 808. The van der Waals surface area contributed by atoms with Gasteiger partial charge in [-0.3, -0.25) is 9.59 Å². The normalized spacial score (nSPS) is 23.4. The molecule has 130 valence electrons. The van der Waals surface area contributed by atoms with E-state index >= 15 is 0 Å². The van der Waals surface area contributed by atoms with Gasteiger partial charge in [0.2, 0.25) is 11.8 Å². The van der Waals surface area contributed by atoms with Crippen LogP contribution in [0, 0.1) is 5.92 Å². The monoisotopic (exact) mass is 337 g/mol. The van der Waals surface area contributed by atoms with Gasteiger partial charge in [0.25, 0.3) is 0 Å². The van der Waals surface area contributed by atoms with Crippen LogP contribution in [0.25, 0.3) is 10.8 Å². The molecule has 0 radical (unpaired) electrons. The molecule has 2 unspecified atom stereocenters. The van der Waals surface area contributed by atoms with E-state index in [4.69, 9.17) is 0 Å². The molecule has 5 heteroatoms. The Kier molecular flexibility index (Phi) is 4.17. The molecule has 0 spiro atoms. The lowest BCUT2D eigenvalue weighted by Crippen LogP contribution is -2.42. The molecular formula is C20H23N3O2. The number of likely N-dealkylation sites (N-methyl/N-ethyl adjacent to an activating group) is 1. The summed E-state index contributed by atoms with van der Waals surface area (Å²) in [7, 11) is 1.87. The van der Waals surface area contributed by atoms with E-state index in [1.165, 1.54) is 0 Å². The Morgan fingerprint density at radius 1 is 1.20 bits per heavy atom. The lowest BCUT2D eigenvalue weighted by molar-refractivity contribution is -0.136. The molecule has 0 bridgehead atoms. The van der Waals surface area contributed by atoms with Gasteiger partial charge < -0.3 is 15.1 Å². The maximum Gasteiger partial charge on any atom is 0.228 e. The number of nitrogens with one attached hydrogen (secondary N) is 1. The lowest BCUT2D eigenvalue weighted by Gasteiger charge is -2.26. The topological polar surface area (TPSA) is 52.7 Å². The fourth-order valence-electron chi connectivity index (χ4n) is 3.99. The number of hydrogen-bond acceptors (Lipinski definition) is 3. The Morgan fingerprint density at radius 3 is 2.80 bits per heavy atom. The predicted octanol–water partition coefficient (Wildman–Crippen LogP) is 2.01. The number of hydrogen-bond donors (Lipinski definition) is 1. The van der Waals surface area contributed by atoms with Crippen LogP contribution in [-0.4, -0.2) is 49.4 Å². The van der Waals surface area contributed by atoms with Gasteiger partial charge in [0.05, 0.1) is 11.6 Å². The summed E-state index contributed by atoms with van der Waals surface area (Å²) < 4.78 is 0. The summed E-state index contributed by atoms with van der Waals surface area (Å²) in [6.45, 7) is 2.26. The van der Waals surface area contributed by atoms with E-state index < -0.39 is 0 Å². The second kappa shape index (κ2) is 6.48. The van der Waals surface area contributed by atoms with Crippen molar-refractivity contribution in [3.63, 3.8) is 0 Å². The first-order chi connectivity index (χ1) is 12.1. The van der Waals surface area contributed by atoms with Crippen molar-refractivity contribution < 1.29 is 9.59 Å². The molecule has 2 atom stereocenters. The first-order valence-corrected chi connectivity index (χ1v) is 8.90. The third-order valence-corrected chi connectivity index (χ3v) is 5.46. The highest BCUT2D eigenvalue weighted by Crippen LogP contribution is 2.32. The van der Waals surface area contributed by atoms with E-state index in [9.17, 15) is 9.59 Å². The Hall–Kier alpha value is -2.40. The number of carbonyl (C=O) groups is 2. The van der Waals surface area contributed by atoms with E-state index in [2.05, 4.69) is 5.32 Å². The van der Waals surface area contributed by atoms with Crippen LogP contribution >= 0.6 is 0 Å². The molecule has 2 saturated heterocycles. The van der Waals surface area contributed by atoms with Gasteiger partial charge in [0.1, 0.15) is 0 Å². The van der Waals surface area contributed by atoms with Gasteiger partial charge in [-0.25, -0.2) is 0 Å². The quantitative estimate of drug-likeness (QED) is 0.932. The van der Waals surface area contributed by atoms with Crippen LogP contribution < -0.4 is 10.2 Å². The van der Waals surface area contributed by atoms with Crippen LogP contribution in [0.1, 0.15) is 12.8 Å². The Balaban J connectivity index is 1.56. The molecule has 2 aliphatic rings. The van der Waals surface area contributed by atoms with Gasteiger partial charge in [0, 0.05) is 38.0 Å². The standard InChI is InChI=1S/C20H23N3O2/c1-22(16-9-10-21-12-16)20(25)15-11-19(24)23(13-15)18-8-4-6-14-5-2-3-7-17(14)18/h2-8,15-16,21H,9-13H2,1H3. The number of fused-ring (bicyclic) bond motifs is 1. The summed E-state index contributed by atoms with van der Waals surface area (Å²) in [6.07, 6.45) is 1.28. The average Bonchev–Trinajstić information content (AvgIpc) is 3.30. The van der Waals surface area contributed by atoms with Gasteiger partial charge in [0.15, 0.2) is 0 Å². The van der Waals surface area contributed by atoms with Gasteiger partial charge in [-0.05, 0) is 24.4 Å². The first kappa shape index (κ1) is 16.1. The number of benzene rings is 2. The molecule has 2 aromatic carbocycles. The van der Waals surface area contributed by atoms with Crippen LogP contribution in [0.4, 0.5) is 5.69 Å². The summed E-state index contributed by atoms with van der Waals surface area (Å²) in [5.74, 6) is -0.130. The van der Waals surface area contributed by atoms with Crippen molar-refractivity contribution in [2.45, 2.75) is 18.9 Å². The highest BCUT2D eigenvalue weighted by molar-refractivity contribution is 6.07. The SMILES string of the molecule is CN(C(=O)C1CC(=O)N(c2cccc3ccccc23)C1)C1CCNC1. The van der Waals surface area contributed by atoms with E-state index in [-0.39, 0.29) is 23.8 Å². The fraction of sp³-hybridized carbons (Fsp3) is 0.400. The highest BCUT2D eigenvalue weighted by Gasteiger charge is 2.38. The number of anilines is 1. The zero-order chi connectivity index (χ0) is 17.4. The van der Waals surface area contributed by atoms with Crippen molar-refractivity contribution in [2.24, 2.45) is 5.92 Å². The summed E-state index contributed by atoms with van der Waals surface area (Å²) in [6, 6.07) is 14.3. The molecule has 5 nitrogen and oxygen atoms in total. The first-order valence-electron chi connectivity index (χ1n) is 8.90. The van der Waals surface area contributed by atoms with Crippen LogP contribution in [0.2, 0.25) is 0 Å². The van der Waals surface area contributed by atoms with E-state index in [1.807, 2.05) is 54.4 Å². The molecule has 4 rings (SSSR count). The van der Waals surface area contributed by atoms with Crippen molar-refractivity contribution in [3.8, 4) is 0 Å². The molecule has 0 aromatic heterocycles. The maximum atomic E-state index is 12.8. The molecule has 0 aliphatic carbocycles. The molecular weight excluding hydrogens is 314 g/mol. The molecule has 2 fully saturated rings. The minimum atomic E-state index is -0.253.